The average molecular weight is 185 g/mol. The van der Waals surface area contributed by atoms with Crippen LogP contribution in [0.5, 0.6) is 0 Å². The van der Waals surface area contributed by atoms with E-state index in [1.807, 2.05) is 0 Å². The van der Waals surface area contributed by atoms with Crippen LogP contribution in [-0.4, -0.2) is 30.9 Å². The molecule has 1 saturated heterocycles. The summed E-state index contributed by atoms with van der Waals surface area (Å²) in [6.45, 7) is 4.03. The van der Waals surface area contributed by atoms with Gasteiger partial charge >= 0.3 is 0 Å². The Morgan fingerprint density at radius 1 is 1.54 bits per heavy atom. The molecule has 0 spiro atoms. The fourth-order valence-corrected chi connectivity index (χ4v) is 1.94. The maximum atomic E-state index is 11.6. The van der Waals surface area contributed by atoms with E-state index in [1.54, 1.807) is 0 Å². The molecule has 0 aliphatic carbocycles. The fourth-order valence-electron chi connectivity index (χ4n) is 1.94. The molecule has 0 aromatic heterocycles. The van der Waals surface area contributed by atoms with E-state index in [-0.39, 0.29) is 11.3 Å². The summed E-state index contributed by atoms with van der Waals surface area (Å²) in [5.41, 5.74) is 2.08. The second-order valence-corrected chi connectivity index (χ2v) is 3.91. The van der Waals surface area contributed by atoms with Gasteiger partial charge in [0.15, 0.2) is 0 Å². The van der Waals surface area contributed by atoms with Gasteiger partial charge in [-0.05, 0) is 39.4 Å². The second kappa shape index (κ2) is 4.07. The first kappa shape index (κ1) is 10.5. The highest BCUT2D eigenvalue weighted by molar-refractivity contribution is 5.82. The minimum atomic E-state index is -0.207. The van der Waals surface area contributed by atoms with Gasteiger partial charge in [-0.15, -0.1) is 0 Å². The molecule has 1 aliphatic heterocycles. The Kier molecular flexibility index (Phi) is 3.27. The molecule has 1 heterocycles. The maximum Gasteiger partial charge on any atom is 0.240 e. The van der Waals surface area contributed by atoms with E-state index in [4.69, 9.17) is 5.84 Å². The molecule has 0 aromatic rings. The van der Waals surface area contributed by atoms with Gasteiger partial charge in [0.05, 0.1) is 5.41 Å². The normalized spacial score (nSPS) is 22.7. The van der Waals surface area contributed by atoms with Gasteiger partial charge in [-0.1, -0.05) is 6.92 Å². The van der Waals surface area contributed by atoms with Gasteiger partial charge in [0, 0.05) is 0 Å². The molecule has 0 saturated carbocycles. The highest BCUT2D eigenvalue weighted by atomic mass is 16.2. The molecule has 13 heavy (non-hydrogen) atoms. The highest BCUT2D eigenvalue weighted by Crippen LogP contribution is 2.34. The number of piperidine rings is 1. The zero-order valence-electron chi connectivity index (χ0n) is 8.47. The number of rotatable bonds is 2. The molecular formula is C9H19N3O. The summed E-state index contributed by atoms with van der Waals surface area (Å²) in [5, 5.41) is 0. The van der Waals surface area contributed by atoms with Gasteiger partial charge in [-0.25, -0.2) is 5.84 Å². The number of nitrogens with zero attached hydrogens (tertiary/aromatic N) is 1. The van der Waals surface area contributed by atoms with Crippen LogP contribution >= 0.6 is 0 Å². The summed E-state index contributed by atoms with van der Waals surface area (Å²) in [7, 11) is 2.08. The number of hydrogen-bond acceptors (Lipinski definition) is 3. The van der Waals surface area contributed by atoms with Gasteiger partial charge < -0.3 is 4.90 Å². The van der Waals surface area contributed by atoms with Crippen molar-refractivity contribution in [3.05, 3.63) is 0 Å². The molecule has 0 atom stereocenters. The number of likely N-dealkylation sites (tertiary alicyclic amines) is 1. The number of amides is 1. The van der Waals surface area contributed by atoms with Gasteiger partial charge in [0.2, 0.25) is 5.91 Å². The van der Waals surface area contributed by atoms with Crippen molar-refractivity contribution in [2.75, 3.05) is 20.1 Å². The summed E-state index contributed by atoms with van der Waals surface area (Å²) in [6.07, 6.45) is 2.72. The molecule has 0 aromatic carbocycles. The highest BCUT2D eigenvalue weighted by Gasteiger charge is 2.38. The van der Waals surface area contributed by atoms with Crippen LogP contribution in [-0.2, 0) is 4.79 Å². The average Bonchev–Trinajstić information content (AvgIpc) is 2.18. The van der Waals surface area contributed by atoms with Crippen molar-refractivity contribution in [3.63, 3.8) is 0 Å². The van der Waals surface area contributed by atoms with Crippen LogP contribution < -0.4 is 11.3 Å². The van der Waals surface area contributed by atoms with Crippen molar-refractivity contribution < 1.29 is 4.79 Å². The quantitative estimate of drug-likeness (QED) is 0.364. The van der Waals surface area contributed by atoms with Crippen molar-refractivity contribution in [1.29, 1.82) is 0 Å². The van der Waals surface area contributed by atoms with Crippen LogP contribution in [0.2, 0.25) is 0 Å². The number of hydrazine groups is 1. The molecule has 0 bridgehead atoms. The zero-order chi connectivity index (χ0) is 9.90. The van der Waals surface area contributed by atoms with E-state index in [0.29, 0.717) is 0 Å². The lowest BCUT2D eigenvalue weighted by Crippen LogP contribution is -2.49. The van der Waals surface area contributed by atoms with Gasteiger partial charge in [0.25, 0.3) is 0 Å². The second-order valence-electron chi connectivity index (χ2n) is 3.91. The topological polar surface area (TPSA) is 58.4 Å². The number of carbonyl (C=O) groups is 1. The molecule has 3 N–H and O–H groups in total. The monoisotopic (exact) mass is 185 g/mol. The van der Waals surface area contributed by atoms with Crippen molar-refractivity contribution in [2.24, 2.45) is 11.3 Å². The van der Waals surface area contributed by atoms with Crippen molar-refractivity contribution in [3.8, 4) is 0 Å². The summed E-state index contributed by atoms with van der Waals surface area (Å²) < 4.78 is 0. The van der Waals surface area contributed by atoms with Gasteiger partial charge in [0.1, 0.15) is 0 Å². The van der Waals surface area contributed by atoms with Crippen LogP contribution in [0.3, 0.4) is 0 Å². The Hall–Kier alpha value is -0.610. The number of hydrogen-bond donors (Lipinski definition) is 2. The van der Waals surface area contributed by atoms with Gasteiger partial charge in [-0.3, -0.25) is 10.2 Å². The summed E-state index contributed by atoms with van der Waals surface area (Å²) in [6, 6.07) is 0. The Morgan fingerprint density at radius 3 is 2.46 bits per heavy atom. The molecule has 1 rings (SSSR count). The van der Waals surface area contributed by atoms with E-state index in [9.17, 15) is 4.79 Å². The van der Waals surface area contributed by atoms with E-state index < -0.39 is 0 Å². The molecular weight excluding hydrogens is 166 g/mol. The SMILES string of the molecule is CCC1(C(=O)NN)CCN(C)CC1. The van der Waals surface area contributed by atoms with E-state index in [2.05, 4.69) is 24.3 Å². The first-order chi connectivity index (χ1) is 6.14. The smallest absolute Gasteiger partial charge is 0.240 e. The lowest BCUT2D eigenvalue weighted by molar-refractivity contribution is -0.134. The first-order valence-electron chi connectivity index (χ1n) is 4.84. The predicted molar refractivity (Wildman–Crippen MR) is 51.8 cm³/mol. The lowest BCUT2D eigenvalue weighted by atomic mass is 9.75. The molecule has 0 unspecified atom stereocenters. The van der Waals surface area contributed by atoms with E-state index >= 15 is 0 Å². The van der Waals surface area contributed by atoms with Crippen LogP contribution in [0, 0.1) is 5.41 Å². The number of nitrogens with two attached hydrogens (primary N) is 1. The van der Waals surface area contributed by atoms with Crippen molar-refractivity contribution in [1.82, 2.24) is 10.3 Å². The Balaban J connectivity index is 2.65. The maximum absolute atomic E-state index is 11.6. The number of nitrogens with one attached hydrogen (secondary N) is 1. The summed E-state index contributed by atoms with van der Waals surface area (Å²) in [5.74, 6) is 5.19. The predicted octanol–water partition coefficient (Wildman–Crippen LogP) is 0.0983. The molecule has 4 nitrogen and oxygen atoms in total. The number of carbonyl (C=O) groups excluding carboxylic acids is 1. The summed E-state index contributed by atoms with van der Waals surface area (Å²) in [4.78, 5) is 13.8. The van der Waals surface area contributed by atoms with Crippen LogP contribution in [0.4, 0.5) is 0 Å². The first-order valence-corrected chi connectivity index (χ1v) is 4.84. The molecule has 0 radical (unpaired) electrons. The van der Waals surface area contributed by atoms with Crippen LogP contribution in [0.25, 0.3) is 0 Å². The third kappa shape index (κ3) is 2.00. The third-order valence-corrected chi connectivity index (χ3v) is 3.23. The van der Waals surface area contributed by atoms with Crippen LogP contribution in [0.15, 0.2) is 0 Å². The minimum Gasteiger partial charge on any atom is -0.306 e. The molecule has 1 fully saturated rings. The van der Waals surface area contributed by atoms with Crippen molar-refractivity contribution in [2.45, 2.75) is 26.2 Å². The third-order valence-electron chi connectivity index (χ3n) is 3.23. The molecule has 1 amide bonds. The fraction of sp³-hybridized carbons (Fsp3) is 0.889. The van der Waals surface area contributed by atoms with E-state index in [0.717, 1.165) is 32.4 Å². The molecule has 1 aliphatic rings. The molecule has 76 valence electrons. The largest absolute Gasteiger partial charge is 0.306 e. The Morgan fingerprint density at radius 2 is 2.08 bits per heavy atom. The molecule has 4 heteroatoms. The Labute approximate surface area is 79.4 Å². The van der Waals surface area contributed by atoms with E-state index in [1.165, 1.54) is 0 Å². The Bertz CT molecular complexity index is 185. The van der Waals surface area contributed by atoms with Crippen LogP contribution in [0.1, 0.15) is 26.2 Å². The lowest BCUT2D eigenvalue weighted by Gasteiger charge is -2.38. The standard InChI is InChI=1S/C9H19N3O/c1-3-9(8(13)11-10)4-6-12(2)7-5-9/h3-7,10H2,1-2H3,(H,11,13). The summed E-state index contributed by atoms with van der Waals surface area (Å²) >= 11 is 0. The van der Waals surface area contributed by atoms with Gasteiger partial charge in [-0.2, -0.15) is 0 Å². The minimum absolute atomic E-state index is 0.00287. The van der Waals surface area contributed by atoms with Crippen molar-refractivity contribution >= 4 is 5.91 Å². The zero-order valence-corrected chi connectivity index (χ0v) is 8.47.